The molecule has 0 aromatic heterocycles. The zero-order valence-electron chi connectivity index (χ0n) is 16.7. The van der Waals surface area contributed by atoms with Crippen molar-refractivity contribution in [2.75, 3.05) is 5.32 Å². The molecule has 0 radical (unpaired) electrons. The van der Waals surface area contributed by atoms with Crippen LogP contribution in [0.15, 0.2) is 83.8 Å². The monoisotopic (exact) mass is 448 g/mol. The van der Waals surface area contributed by atoms with Gasteiger partial charge in [0.1, 0.15) is 0 Å². The van der Waals surface area contributed by atoms with Gasteiger partial charge in [-0.1, -0.05) is 54.1 Å². The van der Waals surface area contributed by atoms with Crippen LogP contribution in [0.3, 0.4) is 0 Å². The Morgan fingerprint density at radius 1 is 1.06 bits per heavy atom. The molecule has 0 bridgehead atoms. The molecule has 0 spiro atoms. The van der Waals surface area contributed by atoms with Gasteiger partial charge in [-0.3, -0.25) is 10.1 Å². The predicted octanol–water partition coefficient (Wildman–Crippen LogP) is 7.37. The number of hydrogen-bond acceptors (Lipinski definition) is 4. The second-order valence-corrected chi connectivity index (χ2v) is 9.42. The van der Waals surface area contributed by atoms with Crippen LogP contribution < -0.4 is 5.32 Å². The van der Waals surface area contributed by atoms with Gasteiger partial charge in [-0.05, 0) is 47.7 Å². The van der Waals surface area contributed by atoms with E-state index >= 15 is 0 Å². The van der Waals surface area contributed by atoms with Crippen LogP contribution >= 0.6 is 23.4 Å². The highest BCUT2D eigenvalue weighted by atomic mass is 35.5. The van der Waals surface area contributed by atoms with E-state index in [-0.39, 0.29) is 28.5 Å². The molecule has 3 aromatic carbocycles. The Kier molecular flexibility index (Phi) is 5.47. The molecular formula is C25H21ClN2O2S. The predicted molar refractivity (Wildman–Crippen MR) is 127 cm³/mol. The van der Waals surface area contributed by atoms with E-state index in [0.717, 1.165) is 23.4 Å². The maximum atomic E-state index is 11.3. The number of nitrogens with one attached hydrogen (secondary N) is 1. The van der Waals surface area contributed by atoms with Crippen LogP contribution in [0, 0.1) is 16.0 Å². The van der Waals surface area contributed by atoms with E-state index in [1.165, 1.54) is 22.1 Å². The smallest absolute Gasteiger partial charge is 0.269 e. The van der Waals surface area contributed by atoms with Gasteiger partial charge < -0.3 is 5.32 Å². The van der Waals surface area contributed by atoms with E-state index in [2.05, 4.69) is 59.9 Å². The number of fused-ring (bicyclic) bond motifs is 3. The molecule has 5 rings (SSSR count). The molecule has 1 N–H and O–H groups in total. The molecule has 0 saturated carbocycles. The van der Waals surface area contributed by atoms with Crippen LogP contribution in [-0.2, 0) is 5.75 Å². The molecule has 3 aromatic rings. The Morgan fingerprint density at radius 3 is 2.71 bits per heavy atom. The van der Waals surface area contributed by atoms with E-state index < -0.39 is 0 Å². The number of thioether (sulfide) groups is 1. The summed E-state index contributed by atoms with van der Waals surface area (Å²) in [7, 11) is 0. The summed E-state index contributed by atoms with van der Waals surface area (Å²) in [5, 5.41) is 15.5. The maximum absolute atomic E-state index is 11.3. The molecule has 1 aliphatic heterocycles. The molecule has 1 aliphatic carbocycles. The summed E-state index contributed by atoms with van der Waals surface area (Å²) in [6.45, 7) is 0. The van der Waals surface area contributed by atoms with Gasteiger partial charge in [-0.2, -0.15) is 0 Å². The van der Waals surface area contributed by atoms with E-state index in [9.17, 15) is 10.1 Å². The lowest BCUT2D eigenvalue weighted by Gasteiger charge is -2.38. The molecule has 1 heterocycles. The van der Waals surface area contributed by atoms with E-state index in [1.807, 2.05) is 17.8 Å². The highest BCUT2D eigenvalue weighted by Gasteiger charge is 2.39. The van der Waals surface area contributed by atoms with Crippen LogP contribution in [-0.4, -0.2) is 4.92 Å². The van der Waals surface area contributed by atoms with Crippen molar-refractivity contribution in [3.8, 4) is 0 Å². The third-order valence-electron chi connectivity index (χ3n) is 6.10. The van der Waals surface area contributed by atoms with Crippen LogP contribution in [0.5, 0.6) is 0 Å². The first-order valence-electron chi connectivity index (χ1n) is 10.3. The fourth-order valence-electron chi connectivity index (χ4n) is 4.61. The van der Waals surface area contributed by atoms with Crippen LogP contribution in [0.4, 0.5) is 11.4 Å². The lowest BCUT2D eigenvalue weighted by atomic mass is 9.76. The van der Waals surface area contributed by atoms with Crippen molar-refractivity contribution in [1.29, 1.82) is 0 Å². The first kappa shape index (κ1) is 20.2. The number of nitro groups is 1. The molecule has 3 atom stereocenters. The minimum Gasteiger partial charge on any atom is -0.378 e. The fraction of sp³-hybridized carbons (Fsp3) is 0.200. The largest absolute Gasteiger partial charge is 0.378 e. The summed E-state index contributed by atoms with van der Waals surface area (Å²) in [5.41, 5.74) is 4.53. The molecule has 0 unspecified atom stereocenters. The zero-order chi connectivity index (χ0) is 21.4. The molecule has 2 aliphatic rings. The van der Waals surface area contributed by atoms with Gasteiger partial charge >= 0.3 is 0 Å². The van der Waals surface area contributed by atoms with Crippen molar-refractivity contribution in [3.05, 3.63) is 111 Å². The summed E-state index contributed by atoms with van der Waals surface area (Å²) in [5.74, 6) is 1.47. The summed E-state index contributed by atoms with van der Waals surface area (Å²) in [6.07, 6.45) is 5.41. The quantitative estimate of drug-likeness (QED) is 0.191. The van der Waals surface area contributed by atoms with Crippen LogP contribution in [0.25, 0.3) is 0 Å². The van der Waals surface area contributed by atoms with Crippen LogP contribution in [0.2, 0.25) is 5.02 Å². The number of halogens is 1. The van der Waals surface area contributed by atoms with Crippen molar-refractivity contribution >= 4 is 34.7 Å². The van der Waals surface area contributed by atoms with Gasteiger partial charge in [0.15, 0.2) is 0 Å². The van der Waals surface area contributed by atoms with Crippen molar-refractivity contribution in [3.63, 3.8) is 0 Å². The zero-order valence-corrected chi connectivity index (χ0v) is 18.3. The summed E-state index contributed by atoms with van der Waals surface area (Å²) in [6, 6.07) is 21.7. The highest BCUT2D eigenvalue weighted by Crippen LogP contribution is 2.51. The molecule has 6 heteroatoms. The summed E-state index contributed by atoms with van der Waals surface area (Å²) in [4.78, 5) is 12.2. The number of rotatable bonds is 5. The molecular weight excluding hydrogens is 428 g/mol. The minimum absolute atomic E-state index is 0.0653. The van der Waals surface area contributed by atoms with Gasteiger partial charge in [0.05, 0.1) is 11.0 Å². The summed E-state index contributed by atoms with van der Waals surface area (Å²) >= 11 is 8.32. The lowest BCUT2D eigenvalue weighted by molar-refractivity contribution is -0.384. The Bertz CT molecular complexity index is 1170. The average Bonchev–Trinajstić information content (AvgIpc) is 3.28. The topological polar surface area (TPSA) is 55.2 Å². The van der Waals surface area contributed by atoms with E-state index in [4.69, 9.17) is 11.6 Å². The number of nitro benzene ring substituents is 1. The Hall–Kier alpha value is -2.76. The average molecular weight is 449 g/mol. The third kappa shape index (κ3) is 3.95. The van der Waals surface area contributed by atoms with Crippen LogP contribution in [0.1, 0.15) is 35.1 Å². The Balaban J connectivity index is 1.45. The molecule has 0 fully saturated rings. The van der Waals surface area contributed by atoms with Crippen molar-refractivity contribution in [1.82, 2.24) is 0 Å². The highest BCUT2D eigenvalue weighted by molar-refractivity contribution is 7.98. The number of benzene rings is 3. The number of allylic oxidation sites excluding steroid dienone is 2. The molecule has 156 valence electrons. The second-order valence-electron chi connectivity index (χ2n) is 7.96. The number of nitrogens with zero attached hydrogens (tertiary/aromatic N) is 1. The SMILES string of the molecule is O=[N+]([O-])c1ccc(Cl)c([C@@H]2Nc3ccc(CSc4ccccc4)cc3[C@H]3C=CC[C@H]32)c1. The Labute approximate surface area is 190 Å². The van der Waals surface area contributed by atoms with E-state index in [1.54, 1.807) is 12.1 Å². The molecule has 0 saturated heterocycles. The van der Waals surface area contributed by atoms with E-state index in [0.29, 0.717) is 5.02 Å². The Morgan fingerprint density at radius 2 is 1.90 bits per heavy atom. The summed E-state index contributed by atoms with van der Waals surface area (Å²) < 4.78 is 0. The van der Waals surface area contributed by atoms with Gasteiger partial charge in [-0.15, -0.1) is 11.8 Å². The standard InChI is InChI=1S/C25H21ClN2O2S/c26-23-11-10-17(28(29)30)14-22(23)25-20-8-4-7-19(20)21-13-16(9-12-24(21)27-25)15-31-18-5-2-1-3-6-18/h1-7,9-14,19-20,25,27H,8,15H2/t19-,20+,25+/m0/s1. The van der Waals surface area contributed by atoms with Gasteiger partial charge in [0, 0.05) is 45.0 Å². The van der Waals surface area contributed by atoms with Gasteiger partial charge in [-0.25, -0.2) is 0 Å². The molecule has 31 heavy (non-hydrogen) atoms. The van der Waals surface area contributed by atoms with Crippen molar-refractivity contribution in [2.45, 2.75) is 29.0 Å². The number of hydrogen-bond donors (Lipinski definition) is 1. The second kappa shape index (κ2) is 8.40. The lowest BCUT2D eigenvalue weighted by Crippen LogP contribution is -2.29. The molecule has 0 amide bonds. The van der Waals surface area contributed by atoms with Crippen molar-refractivity contribution in [2.24, 2.45) is 5.92 Å². The third-order valence-corrected chi connectivity index (χ3v) is 7.53. The first-order valence-corrected chi connectivity index (χ1v) is 11.6. The van der Waals surface area contributed by atoms with Crippen molar-refractivity contribution < 1.29 is 4.92 Å². The van der Waals surface area contributed by atoms with Gasteiger partial charge in [0.2, 0.25) is 0 Å². The maximum Gasteiger partial charge on any atom is 0.269 e. The first-order chi connectivity index (χ1) is 15.1. The normalized spacial score (nSPS) is 21.3. The number of anilines is 1. The fourth-order valence-corrected chi connectivity index (χ4v) is 5.71. The number of non-ortho nitro benzene ring substituents is 1. The molecule has 4 nitrogen and oxygen atoms in total. The minimum atomic E-state index is -0.363. The van der Waals surface area contributed by atoms with Gasteiger partial charge in [0.25, 0.3) is 5.69 Å².